The standard InChI is InChI=1S/C21H24N6O/c1-14-4-6-17(7-5-14)20-25-11-16(12-26-20)10-23-9-8-19-18(21(28)22-3)13-24-15(2)27-19/h4-7,11-13,23H,8-10H2,1-3H3,(H,22,28). The van der Waals surface area contributed by atoms with Crippen molar-refractivity contribution >= 4 is 5.91 Å². The molecule has 2 aromatic heterocycles. The van der Waals surface area contributed by atoms with E-state index in [1.165, 1.54) is 5.56 Å². The van der Waals surface area contributed by atoms with Gasteiger partial charge >= 0.3 is 0 Å². The zero-order valence-electron chi connectivity index (χ0n) is 16.4. The second-order valence-electron chi connectivity index (χ2n) is 6.56. The Morgan fingerprint density at radius 1 is 1.00 bits per heavy atom. The number of benzene rings is 1. The highest BCUT2D eigenvalue weighted by molar-refractivity contribution is 5.94. The van der Waals surface area contributed by atoms with Crippen LogP contribution in [0.5, 0.6) is 0 Å². The Labute approximate surface area is 164 Å². The topological polar surface area (TPSA) is 92.7 Å². The zero-order chi connectivity index (χ0) is 19.9. The number of hydrogen-bond acceptors (Lipinski definition) is 6. The fourth-order valence-electron chi connectivity index (χ4n) is 2.77. The quantitative estimate of drug-likeness (QED) is 0.615. The fraction of sp³-hybridized carbons (Fsp3) is 0.286. The molecule has 7 nitrogen and oxygen atoms in total. The lowest BCUT2D eigenvalue weighted by Gasteiger charge is -2.09. The van der Waals surface area contributed by atoms with E-state index in [1.807, 2.05) is 31.5 Å². The van der Waals surface area contributed by atoms with Crippen LogP contribution in [0.25, 0.3) is 11.4 Å². The van der Waals surface area contributed by atoms with Crippen LogP contribution in [0.15, 0.2) is 42.9 Å². The number of hydrogen-bond donors (Lipinski definition) is 2. The first kappa shape index (κ1) is 19.6. The molecule has 0 saturated heterocycles. The molecule has 2 heterocycles. The third-order valence-corrected chi connectivity index (χ3v) is 4.34. The Morgan fingerprint density at radius 2 is 1.71 bits per heavy atom. The smallest absolute Gasteiger partial charge is 0.254 e. The van der Waals surface area contributed by atoms with Crippen LogP contribution in [-0.2, 0) is 13.0 Å². The molecule has 1 amide bonds. The average Bonchev–Trinajstić information content (AvgIpc) is 2.72. The van der Waals surface area contributed by atoms with Crippen LogP contribution in [0, 0.1) is 13.8 Å². The molecular weight excluding hydrogens is 352 g/mol. The molecule has 0 radical (unpaired) electrons. The summed E-state index contributed by atoms with van der Waals surface area (Å²) in [6, 6.07) is 8.15. The third-order valence-electron chi connectivity index (χ3n) is 4.34. The van der Waals surface area contributed by atoms with Crippen molar-refractivity contribution in [1.82, 2.24) is 30.6 Å². The average molecular weight is 376 g/mol. The number of carbonyl (C=O) groups is 1. The van der Waals surface area contributed by atoms with Crippen LogP contribution in [0.4, 0.5) is 0 Å². The van der Waals surface area contributed by atoms with Crippen molar-refractivity contribution in [3.63, 3.8) is 0 Å². The van der Waals surface area contributed by atoms with E-state index in [-0.39, 0.29) is 5.91 Å². The molecule has 3 rings (SSSR count). The van der Waals surface area contributed by atoms with Gasteiger partial charge in [-0.1, -0.05) is 29.8 Å². The normalized spacial score (nSPS) is 10.7. The van der Waals surface area contributed by atoms with Gasteiger partial charge in [0.1, 0.15) is 5.82 Å². The summed E-state index contributed by atoms with van der Waals surface area (Å²) in [6.45, 7) is 5.20. The van der Waals surface area contributed by atoms with Gasteiger partial charge in [-0.3, -0.25) is 4.79 Å². The number of carbonyl (C=O) groups excluding carboxylic acids is 1. The molecule has 2 N–H and O–H groups in total. The molecule has 3 aromatic rings. The van der Waals surface area contributed by atoms with Gasteiger partial charge in [-0.15, -0.1) is 0 Å². The van der Waals surface area contributed by atoms with E-state index in [2.05, 4.69) is 49.6 Å². The van der Waals surface area contributed by atoms with E-state index in [0.717, 1.165) is 22.6 Å². The largest absolute Gasteiger partial charge is 0.355 e. The molecule has 0 unspecified atom stereocenters. The van der Waals surface area contributed by atoms with E-state index in [0.29, 0.717) is 30.9 Å². The lowest BCUT2D eigenvalue weighted by atomic mass is 10.1. The van der Waals surface area contributed by atoms with Crippen LogP contribution in [0.3, 0.4) is 0 Å². The second-order valence-corrected chi connectivity index (χ2v) is 6.56. The van der Waals surface area contributed by atoms with Crippen molar-refractivity contribution in [3.8, 4) is 11.4 Å². The van der Waals surface area contributed by atoms with Crippen molar-refractivity contribution in [2.75, 3.05) is 13.6 Å². The fourth-order valence-corrected chi connectivity index (χ4v) is 2.77. The van der Waals surface area contributed by atoms with Crippen molar-refractivity contribution in [3.05, 3.63) is 71.1 Å². The van der Waals surface area contributed by atoms with E-state index >= 15 is 0 Å². The van der Waals surface area contributed by atoms with E-state index < -0.39 is 0 Å². The first-order valence-corrected chi connectivity index (χ1v) is 9.20. The summed E-state index contributed by atoms with van der Waals surface area (Å²) in [7, 11) is 1.60. The van der Waals surface area contributed by atoms with Crippen LogP contribution in [-0.4, -0.2) is 39.4 Å². The molecule has 0 saturated carbocycles. The maximum absolute atomic E-state index is 11.9. The minimum Gasteiger partial charge on any atom is -0.355 e. The van der Waals surface area contributed by atoms with E-state index in [1.54, 1.807) is 13.2 Å². The summed E-state index contributed by atoms with van der Waals surface area (Å²) < 4.78 is 0. The number of amides is 1. The molecule has 144 valence electrons. The molecule has 7 heteroatoms. The Kier molecular flexibility index (Phi) is 6.39. The summed E-state index contributed by atoms with van der Waals surface area (Å²) in [5.41, 5.74) is 4.47. The van der Waals surface area contributed by atoms with Gasteiger partial charge in [-0.25, -0.2) is 19.9 Å². The van der Waals surface area contributed by atoms with Crippen molar-refractivity contribution in [2.24, 2.45) is 0 Å². The maximum Gasteiger partial charge on any atom is 0.254 e. The van der Waals surface area contributed by atoms with Crippen LogP contribution in [0.1, 0.15) is 33.0 Å². The van der Waals surface area contributed by atoms with Crippen molar-refractivity contribution < 1.29 is 4.79 Å². The molecule has 28 heavy (non-hydrogen) atoms. The van der Waals surface area contributed by atoms with Gasteiger partial charge in [0.25, 0.3) is 5.91 Å². The zero-order valence-corrected chi connectivity index (χ0v) is 16.4. The molecule has 0 aliphatic carbocycles. The van der Waals surface area contributed by atoms with Gasteiger partial charge in [0, 0.05) is 56.3 Å². The SMILES string of the molecule is CNC(=O)c1cnc(C)nc1CCNCc1cnc(-c2ccc(C)cc2)nc1. The summed E-state index contributed by atoms with van der Waals surface area (Å²) >= 11 is 0. The van der Waals surface area contributed by atoms with Crippen molar-refractivity contribution in [2.45, 2.75) is 26.8 Å². The summed E-state index contributed by atoms with van der Waals surface area (Å²) in [6.07, 6.45) is 5.88. The predicted octanol–water partition coefficient (Wildman–Crippen LogP) is 2.24. The van der Waals surface area contributed by atoms with E-state index in [9.17, 15) is 4.79 Å². The summed E-state index contributed by atoms with van der Waals surface area (Å²) in [5, 5.41) is 5.97. The molecule has 0 spiro atoms. The van der Waals surface area contributed by atoms with Gasteiger partial charge in [-0.2, -0.15) is 0 Å². The van der Waals surface area contributed by atoms with Gasteiger partial charge in [-0.05, 0) is 13.8 Å². The number of aryl methyl sites for hydroxylation is 2. The Balaban J connectivity index is 1.55. The molecule has 0 aliphatic rings. The van der Waals surface area contributed by atoms with Crippen molar-refractivity contribution in [1.29, 1.82) is 0 Å². The third kappa shape index (κ3) is 4.95. The Hall–Kier alpha value is -3.19. The number of nitrogens with one attached hydrogen (secondary N) is 2. The molecule has 0 bridgehead atoms. The molecule has 1 aromatic carbocycles. The number of rotatable bonds is 7. The highest BCUT2D eigenvalue weighted by atomic mass is 16.1. The molecular formula is C21H24N6O. The highest BCUT2D eigenvalue weighted by Crippen LogP contribution is 2.15. The molecule has 0 aliphatic heterocycles. The van der Waals surface area contributed by atoms with Gasteiger partial charge in [0.2, 0.25) is 0 Å². The minimum absolute atomic E-state index is 0.171. The first-order valence-electron chi connectivity index (χ1n) is 9.20. The Morgan fingerprint density at radius 3 is 2.39 bits per heavy atom. The summed E-state index contributed by atoms with van der Waals surface area (Å²) in [4.78, 5) is 29.4. The molecule has 0 atom stereocenters. The van der Waals surface area contributed by atoms with Gasteiger partial charge in [0.15, 0.2) is 5.82 Å². The van der Waals surface area contributed by atoms with Crippen LogP contribution in [0.2, 0.25) is 0 Å². The lowest BCUT2D eigenvalue weighted by Crippen LogP contribution is -2.23. The molecule has 0 fully saturated rings. The Bertz CT molecular complexity index is 938. The predicted molar refractivity (Wildman–Crippen MR) is 108 cm³/mol. The highest BCUT2D eigenvalue weighted by Gasteiger charge is 2.12. The summed E-state index contributed by atoms with van der Waals surface area (Å²) in [5.74, 6) is 1.20. The monoisotopic (exact) mass is 376 g/mol. The van der Waals surface area contributed by atoms with Crippen LogP contribution < -0.4 is 10.6 Å². The van der Waals surface area contributed by atoms with E-state index in [4.69, 9.17) is 0 Å². The maximum atomic E-state index is 11.9. The first-order chi connectivity index (χ1) is 13.6. The van der Waals surface area contributed by atoms with Crippen LogP contribution >= 0.6 is 0 Å². The lowest BCUT2D eigenvalue weighted by molar-refractivity contribution is 0.0961. The number of aromatic nitrogens is 4. The second kappa shape index (κ2) is 9.14. The van der Waals surface area contributed by atoms with Gasteiger partial charge < -0.3 is 10.6 Å². The van der Waals surface area contributed by atoms with Gasteiger partial charge in [0.05, 0.1) is 11.3 Å². The minimum atomic E-state index is -0.171. The number of nitrogens with zero attached hydrogens (tertiary/aromatic N) is 4.